The Balaban J connectivity index is 2.14. The lowest BCUT2D eigenvalue weighted by atomic mass is 10.1. The summed E-state index contributed by atoms with van der Waals surface area (Å²) in [4.78, 5) is 10.5. The summed E-state index contributed by atoms with van der Waals surface area (Å²) in [7, 11) is 0. The number of nitrogens with zero attached hydrogens (tertiary/aromatic N) is 2. The molecule has 4 nitrogen and oxygen atoms in total. The molecule has 4 heteroatoms. The van der Waals surface area contributed by atoms with E-state index >= 15 is 0 Å². The summed E-state index contributed by atoms with van der Waals surface area (Å²) in [6, 6.07) is 11.1. The van der Waals surface area contributed by atoms with E-state index in [-0.39, 0.29) is 0 Å². The predicted octanol–water partition coefficient (Wildman–Crippen LogP) is 2.74. The Morgan fingerprint density at radius 3 is 2.44 bits per heavy atom. The van der Waals surface area contributed by atoms with Crippen LogP contribution in [-0.4, -0.2) is 23.1 Å². The first-order valence-electron chi connectivity index (χ1n) is 5.85. The summed E-state index contributed by atoms with van der Waals surface area (Å²) in [6.07, 6.45) is 1.67. The minimum atomic E-state index is 0.335. The maximum absolute atomic E-state index is 10.5. The molecular formula is C14H14N2O2. The quantitative estimate of drug-likeness (QED) is 0.756. The number of rotatable bonds is 5. The van der Waals surface area contributed by atoms with Gasteiger partial charge in [0.15, 0.2) is 6.29 Å². The molecule has 1 aromatic carbocycles. The SMILES string of the molecule is CCCOc1ccc(-c2ccc(C=O)nn2)cc1. The number of ether oxygens (including phenoxy) is 1. The van der Waals surface area contributed by atoms with Crippen LogP contribution in [0.3, 0.4) is 0 Å². The molecule has 0 bridgehead atoms. The molecule has 2 aromatic rings. The van der Waals surface area contributed by atoms with Gasteiger partial charge in [-0.05, 0) is 42.8 Å². The highest BCUT2D eigenvalue weighted by Crippen LogP contribution is 2.20. The highest BCUT2D eigenvalue weighted by atomic mass is 16.5. The van der Waals surface area contributed by atoms with Crippen molar-refractivity contribution in [3.63, 3.8) is 0 Å². The average Bonchev–Trinajstić information content (AvgIpc) is 2.46. The summed E-state index contributed by atoms with van der Waals surface area (Å²) in [5.41, 5.74) is 2.02. The summed E-state index contributed by atoms with van der Waals surface area (Å²) < 4.78 is 5.50. The first-order chi connectivity index (χ1) is 8.83. The molecule has 0 aliphatic rings. The molecule has 1 heterocycles. The second-order valence-corrected chi connectivity index (χ2v) is 3.83. The number of benzene rings is 1. The monoisotopic (exact) mass is 242 g/mol. The molecule has 0 spiro atoms. The molecule has 0 N–H and O–H groups in total. The van der Waals surface area contributed by atoms with Crippen molar-refractivity contribution in [2.24, 2.45) is 0 Å². The number of carbonyl (C=O) groups is 1. The zero-order chi connectivity index (χ0) is 12.8. The van der Waals surface area contributed by atoms with E-state index < -0.39 is 0 Å². The Kier molecular flexibility index (Phi) is 4.02. The van der Waals surface area contributed by atoms with E-state index in [1.54, 1.807) is 12.1 Å². The molecular weight excluding hydrogens is 228 g/mol. The number of carbonyl (C=O) groups excluding carboxylic acids is 1. The smallest absolute Gasteiger partial charge is 0.170 e. The van der Waals surface area contributed by atoms with Gasteiger partial charge >= 0.3 is 0 Å². The zero-order valence-corrected chi connectivity index (χ0v) is 10.2. The van der Waals surface area contributed by atoms with Crippen LogP contribution in [0.2, 0.25) is 0 Å². The van der Waals surface area contributed by atoms with E-state index in [9.17, 15) is 4.79 Å². The van der Waals surface area contributed by atoms with Gasteiger partial charge in [-0.1, -0.05) is 6.92 Å². The van der Waals surface area contributed by atoms with E-state index in [0.717, 1.165) is 23.4 Å². The fourth-order valence-corrected chi connectivity index (χ4v) is 1.50. The minimum absolute atomic E-state index is 0.335. The molecule has 0 aliphatic heterocycles. The zero-order valence-electron chi connectivity index (χ0n) is 10.2. The summed E-state index contributed by atoms with van der Waals surface area (Å²) in [6.45, 7) is 2.78. The number of aromatic nitrogens is 2. The normalized spacial score (nSPS) is 10.1. The minimum Gasteiger partial charge on any atom is -0.494 e. The Morgan fingerprint density at radius 2 is 1.89 bits per heavy atom. The van der Waals surface area contributed by atoms with Gasteiger partial charge < -0.3 is 4.74 Å². The highest BCUT2D eigenvalue weighted by molar-refractivity contribution is 5.72. The lowest BCUT2D eigenvalue weighted by molar-refractivity contribution is 0.111. The maximum Gasteiger partial charge on any atom is 0.170 e. The number of aldehydes is 1. The predicted molar refractivity (Wildman–Crippen MR) is 68.6 cm³/mol. The van der Waals surface area contributed by atoms with Crippen LogP contribution < -0.4 is 4.74 Å². The largest absolute Gasteiger partial charge is 0.494 e. The Labute approximate surface area is 106 Å². The third-order valence-electron chi connectivity index (χ3n) is 2.43. The fraction of sp³-hybridized carbons (Fsp3) is 0.214. The Hall–Kier alpha value is -2.23. The van der Waals surface area contributed by atoms with Crippen LogP contribution in [0.4, 0.5) is 0 Å². The molecule has 0 amide bonds. The second-order valence-electron chi connectivity index (χ2n) is 3.83. The molecule has 0 radical (unpaired) electrons. The first kappa shape index (κ1) is 12.2. The molecule has 0 saturated carbocycles. The fourth-order valence-electron chi connectivity index (χ4n) is 1.50. The molecule has 1 aromatic heterocycles. The van der Waals surface area contributed by atoms with Crippen molar-refractivity contribution in [3.05, 3.63) is 42.1 Å². The third-order valence-corrected chi connectivity index (χ3v) is 2.43. The summed E-state index contributed by atoms with van der Waals surface area (Å²) >= 11 is 0. The topological polar surface area (TPSA) is 52.1 Å². The van der Waals surface area contributed by atoms with Gasteiger partial charge in [-0.2, -0.15) is 0 Å². The maximum atomic E-state index is 10.5. The van der Waals surface area contributed by atoms with E-state index in [4.69, 9.17) is 4.74 Å². The van der Waals surface area contributed by atoms with Crippen LogP contribution in [0.5, 0.6) is 5.75 Å². The van der Waals surface area contributed by atoms with Crippen molar-refractivity contribution < 1.29 is 9.53 Å². The van der Waals surface area contributed by atoms with Crippen molar-refractivity contribution in [3.8, 4) is 17.0 Å². The van der Waals surface area contributed by atoms with E-state index in [2.05, 4.69) is 17.1 Å². The van der Waals surface area contributed by atoms with Crippen LogP contribution in [0.1, 0.15) is 23.8 Å². The van der Waals surface area contributed by atoms with Gasteiger partial charge in [-0.25, -0.2) is 0 Å². The van der Waals surface area contributed by atoms with E-state index in [0.29, 0.717) is 18.6 Å². The van der Waals surface area contributed by atoms with E-state index in [1.807, 2.05) is 24.3 Å². The van der Waals surface area contributed by atoms with Gasteiger partial charge in [0.2, 0.25) is 0 Å². The second kappa shape index (κ2) is 5.91. The van der Waals surface area contributed by atoms with Crippen LogP contribution in [-0.2, 0) is 0 Å². The summed E-state index contributed by atoms with van der Waals surface area (Å²) in [5.74, 6) is 0.845. The third kappa shape index (κ3) is 2.91. The standard InChI is InChI=1S/C14H14N2O2/c1-2-9-18-13-6-3-11(4-7-13)14-8-5-12(10-17)15-16-14/h3-8,10H,2,9H2,1H3. The van der Waals surface area contributed by atoms with Gasteiger partial charge in [0, 0.05) is 5.56 Å². The van der Waals surface area contributed by atoms with Crippen LogP contribution >= 0.6 is 0 Å². The average molecular weight is 242 g/mol. The van der Waals surface area contributed by atoms with Crippen molar-refractivity contribution in [1.29, 1.82) is 0 Å². The summed E-state index contributed by atoms with van der Waals surface area (Å²) in [5, 5.41) is 7.79. The van der Waals surface area contributed by atoms with Gasteiger partial charge in [-0.3, -0.25) is 4.79 Å². The van der Waals surface area contributed by atoms with Gasteiger partial charge in [0.1, 0.15) is 11.4 Å². The van der Waals surface area contributed by atoms with Gasteiger partial charge in [0.05, 0.1) is 12.3 Å². The molecule has 0 unspecified atom stereocenters. The molecule has 2 rings (SSSR count). The van der Waals surface area contributed by atoms with Crippen LogP contribution in [0, 0.1) is 0 Å². The number of hydrogen-bond acceptors (Lipinski definition) is 4. The molecule has 92 valence electrons. The van der Waals surface area contributed by atoms with Crippen molar-refractivity contribution in [2.75, 3.05) is 6.61 Å². The molecule has 0 fully saturated rings. The van der Waals surface area contributed by atoms with Crippen molar-refractivity contribution >= 4 is 6.29 Å². The molecule has 0 aliphatic carbocycles. The van der Waals surface area contributed by atoms with Crippen LogP contribution in [0.15, 0.2) is 36.4 Å². The Morgan fingerprint density at radius 1 is 1.11 bits per heavy atom. The molecule has 0 saturated heterocycles. The van der Waals surface area contributed by atoms with E-state index in [1.165, 1.54) is 0 Å². The first-order valence-corrected chi connectivity index (χ1v) is 5.85. The Bertz CT molecular complexity index is 506. The molecule has 0 atom stereocenters. The van der Waals surface area contributed by atoms with Crippen molar-refractivity contribution in [2.45, 2.75) is 13.3 Å². The lowest BCUT2D eigenvalue weighted by Gasteiger charge is -2.05. The van der Waals surface area contributed by atoms with Gasteiger partial charge in [-0.15, -0.1) is 10.2 Å². The highest BCUT2D eigenvalue weighted by Gasteiger charge is 2.01. The lowest BCUT2D eigenvalue weighted by Crippen LogP contribution is -1.95. The number of hydrogen-bond donors (Lipinski definition) is 0. The van der Waals surface area contributed by atoms with Crippen molar-refractivity contribution in [1.82, 2.24) is 10.2 Å². The van der Waals surface area contributed by atoms with Crippen LogP contribution in [0.25, 0.3) is 11.3 Å². The van der Waals surface area contributed by atoms with Gasteiger partial charge in [0.25, 0.3) is 0 Å². The molecule has 18 heavy (non-hydrogen) atoms.